The Morgan fingerprint density at radius 3 is 2.20 bits per heavy atom. The second-order valence-electron chi connectivity index (χ2n) is 7.02. The molecule has 0 saturated heterocycles. The lowest BCUT2D eigenvalue weighted by molar-refractivity contribution is 0.0582. The Morgan fingerprint density at radius 2 is 1.75 bits per heavy atom. The van der Waals surface area contributed by atoms with Crippen LogP contribution in [0, 0.1) is 0 Å². The van der Waals surface area contributed by atoms with Crippen molar-refractivity contribution in [3.05, 3.63) is 29.8 Å². The molecule has 0 fully saturated rings. The quantitative estimate of drug-likeness (QED) is 0.781. The van der Waals surface area contributed by atoms with Crippen LogP contribution in [0.5, 0.6) is 0 Å². The summed E-state index contributed by atoms with van der Waals surface area (Å²) >= 11 is 0. The lowest BCUT2D eigenvalue weighted by Gasteiger charge is -2.28. The van der Waals surface area contributed by atoms with E-state index in [0.717, 1.165) is 5.69 Å². The van der Waals surface area contributed by atoms with Gasteiger partial charge in [0.1, 0.15) is 5.60 Å². The molecule has 112 valence electrons. The van der Waals surface area contributed by atoms with Crippen molar-refractivity contribution in [2.24, 2.45) is 0 Å². The Labute approximate surface area is 122 Å². The highest BCUT2D eigenvalue weighted by atomic mass is 16.6. The zero-order valence-electron chi connectivity index (χ0n) is 13.8. The number of carbonyl (C=O) groups is 1. The number of ether oxygens (including phenoxy) is 1. The molecule has 1 amide bonds. The van der Waals surface area contributed by atoms with Crippen LogP contribution in [0.2, 0.25) is 0 Å². The van der Waals surface area contributed by atoms with Crippen molar-refractivity contribution in [2.45, 2.75) is 59.5 Å². The molecule has 0 heterocycles. The van der Waals surface area contributed by atoms with Crippen molar-refractivity contribution in [1.29, 1.82) is 0 Å². The second kappa shape index (κ2) is 5.86. The van der Waals surface area contributed by atoms with Crippen molar-refractivity contribution in [3.8, 4) is 0 Å². The van der Waals surface area contributed by atoms with Crippen LogP contribution in [0.15, 0.2) is 24.3 Å². The van der Waals surface area contributed by atoms with Crippen LogP contribution in [0.3, 0.4) is 0 Å². The van der Waals surface area contributed by atoms with E-state index in [4.69, 9.17) is 4.74 Å². The van der Waals surface area contributed by atoms with Crippen LogP contribution in [0.1, 0.15) is 54.0 Å². The molecule has 0 aliphatic rings. The minimum absolute atomic E-state index is 0.0589. The van der Waals surface area contributed by atoms with Gasteiger partial charge in [-0.2, -0.15) is 0 Å². The van der Waals surface area contributed by atoms with Crippen LogP contribution in [0.25, 0.3) is 0 Å². The Morgan fingerprint density at radius 1 is 1.15 bits per heavy atom. The summed E-state index contributed by atoms with van der Waals surface area (Å²) in [6, 6.07) is 8.09. The smallest absolute Gasteiger partial charge is 0.414 e. The van der Waals surface area contributed by atoms with Crippen molar-refractivity contribution in [1.82, 2.24) is 0 Å². The van der Waals surface area contributed by atoms with Crippen molar-refractivity contribution < 1.29 is 9.53 Å². The maximum atomic E-state index is 12.3. The molecule has 3 nitrogen and oxygen atoms in total. The van der Waals surface area contributed by atoms with E-state index in [1.807, 2.05) is 39.8 Å². The van der Waals surface area contributed by atoms with Gasteiger partial charge in [-0.15, -0.1) is 0 Å². The molecule has 20 heavy (non-hydrogen) atoms. The highest BCUT2D eigenvalue weighted by molar-refractivity contribution is 5.87. The third-order valence-corrected chi connectivity index (χ3v) is 2.95. The fourth-order valence-corrected chi connectivity index (χ4v) is 1.87. The molecule has 0 unspecified atom stereocenters. The predicted molar refractivity (Wildman–Crippen MR) is 84.4 cm³/mol. The summed E-state index contributed by atoms with van der Waals surface area (Å²) in [5.74, 6) is 0. The van der Waals surface area contributed by atoms with E-state index >= 15 is 0 Å². The molecule has 3 heteroatoms. The largest absolute Gasteiger partial charge is 0.443 e. The van der Waals surface area contributed by atoms with Crippen LogP contribution < -0.4 is 4.90 Å². The maximum absolute atomic E-state index is 12.3. The maximum Gasteiger partial charge on any atom is 0.414 e. The van der Waals surface area contributed by atoms with Crippen LogP contribution in [-0.2, 0) is 10.2 Å². The van der Waals surface area contributed by atoms with Gasteiger partial charge < -0.3 is 4.74 Å². The molecular weight excluding hydrogens is 250 g/mol. The first-order valence-corrected chi connectivity index (χ1v) is 7.15. The van der Waals surface area contributed by atoms with Crippen LogP contribution >= 0.6 is 0 Å². The number of carbonyl (C=O) groups excluding carboxylic acids is 1. The third-order valence-electron chi connectivity index (χ3n) is 2.95. The number of rotatable bonds is 2. The SMILES string of the molecule is CCN(C(=O)OC(C)(C)C)c1cccc(C(C)(C)C)c1. The van der Waals surface area contributed by atoms with E-state index in [0.29, 0.717) is 6.54 Å². The highest BCUT2D eigenvalue weighted by Gasteiger charge is 2.23. The summed E-state index contributed by atoms with van der Waals surface area (Å²) < 4.78 is 5.46. The van der Waals surface area contributed by atoms with Gasteiger partial charge in [-0.3, -0.25) is 4.90 Å². The van der Waals surface area contributed by atoms with E-state index in [-0.39, 0.29) is 11.5 Å². The molecule has 0 spiro atoms. The highest BCUT2D eigenvalue weighted by Crippen LogP contribution is 2.27. The normalized spacial score (nSPS) is 12.2. The topological polar surface area (TPSA) is 29.5 Å². The van der Waals surface area contributed by atoms with Gasteiger partial charge in [0.05, 0.1) is 0 Å². The van der Waals surface area contributed by atoms with Crippen molar-refractivity contribution >= 4 is 11.8 Å². The minimum Gasteiger partial charge on any atom is -0.443 e. The molecule has 0 radical (unpaired) electrons. The van der Waals surface area contributed by atoms with Crippen LogP contribution in [0.4, 0.5) is 10.5 Å². The number of amides is 1. The van der Waals surface area contributed by atoms with E-state index in [1.54, 1.807) is 4.90 Å². The van der Waals surface area contributed by atoms with Gasteiger partial charge >= 0.3 is 6.09 Å². The van der Waals surface area contributed by atoms with E-state index < -0.39 is 5.60 Å². The molecule has 1 rings (SSSR count). The zero-order chi connectivity index (χ0) is 15.6. The lowest BCUT2D eigenvalue weighted by Crippen LogP contribution is -2.36. The van der Waals surface area contributed by atoms with Crippen molar-refractivity contribution in [3.63, 3.8) is 0 Å². The number of hydrogen-bond donors (Lipinski definition) is 0. The monoisotopic (exact) mass is 277 g/mol. The van der Waals surface area contributed by atoms with Crippen LogP contribution in [-0.4, -0.2) is 18.2 Å². The standard InChI is InChI=1S/C17H27NO2/c1-8-18(15(19)20-17(5,6)7)14-11-9-10-13(12-14)16(2,3)4/h9-12H,8H2,1-7H3. The minimum atomic E-state index is -0.480. The number of anilines is 1. The van der Waals surface area contributed by atoms with Gasteiger partial charge in [0.25, 0.3) is 0 Å². The predicted octanol–water partition coefficient (Wildman–Crippen LogP) is 4.75. The van der Waals surface area contributed by atoms with Gasteiger partial charge in [-0.05, 0) is 50.8 Å². The molecular formula is C17H27NO2. The van der Waals surface area contributed by atoms with E-state index in [2.05, 4.69) is 32.9 Å². The fourth-order valence-electron chi connectivity index (χ4n) is 1.87. The van der Waals surface area contributed by atoms with Gasteiger partial charge in [0.15, 0.2) is 0 Å². The Hall–Kier alpha value is -1.51. The second-order valence-corrected chi connectivity index (χ2v) is 7.02. The molecule has 0 aliphatic carbocycles. The summed E-state index contributed by atoms with van der Waals surface area (Å²) in [5.41, 5.74) is 1.67. The summed E-state index contributed by atoms with van der Waals surface area (Å²) in [6.07, 6.45) is -0.300. The summed E-state index contributed by atoms with van der Waals surface area (Å²) in [7, 11) is 0. The van der Waals surface area contributed by atoms with Gasteiger partial charge in [-0.25, -0.2) is 4.79 Å². The number of nitrogens with zero attached hydrogens (tertiary/aromatic N) is 1. The van der Waals surface area contributed by atoms with Gasteiger partial charge in [-0.1, -0.05) is 32.9 Å². The third kappa shape index (κ3) is 4.55. The van der Waals surface area contributed by atoms with E-state index in [9.17, 15) is 4.79 Å². The summed E-state index contributed by atoms with van der Waals surface area (Å²) in [6.45, 7) is 14.7. The van der Waals surface area contributed by atoms with Crippen molar-refractivity contribution in [2.75, 3.05) is 11.4 Å². The van der Waals surface area contributed by atoms with Gasteiger partial charge in [0, 0.05) is 12.2 Å². The first kappa shape index (κ1) is 16.5. The lowest BCUT2D eigenvalue weighted by atomic mass is 9.87. The summed E-state index contributed by atoms with van der Waals surface area (Å²) in [5, 5.41) is 0. The molecule has 0 N–H and O–H groups in total. The first-order chi connectivity index (χ1) is 9.04. The molecule has 0 saturated carbocycles. The number of benzene rings is 1. The zero-order valence-corrected chi connectivity index (χ0v) is 13.8. The average molecular weight is 277 g/mol. The Bertz CT molecular complexity index is 467. The Balaban J connectivity index is 3.04. The Kier molecular flexibility index (Phi) is 4.85. The summed E-state index contributed by atoms with van der Waals surface area (Å²) in [4.78, 5) is 13.9. The molecule has 0 aliphatic heterocycles. The van der Waals surface area contributed by atoms with E-state index in [1.165, 1.54) is 5.56 Å². The molecule has 0 bridgehead atoms. The molecule has 0 aromatic heterocycles. The number of hydrogen-bond acceptors (Lipinski definition) is 2. The van der Waals surface area contributed by atoms with Gasteiger partial charge in [0.2, 0.25) is 0 Å². The first-order valence-electron chi connectivity index (χ1n) is 7.15. The average Bonchev–Trinajstić information content (AvgIpc) is 2.26. The molecule has 1 aromatic rings. The molecule has 0 atom stereocenters. The molecule has 1 aromatic carbocycles. The fraction of sp³-hybridized carbons (Fsp3) is 0.588.